The minimum atomic E-state index is -4.49. The maximum absolute atomic E-state index is 13.7. The summed E-state index contributed by atoms with van der Waals surface area (Å²) in [6, 6.07) is 13.9. The third kappa shape index (κ3) is 2.67. The van der Waals surface area contributed by atoms with Crippen molar-refractivity contribution in [2.75, 3.05) is 0 Å². The van der Waals surface area contributed by atoms with Crippen molar-refractivity contribution in [2.24, 2.45) is 0 Å². The molecule has 1 unspecified atom stereocenters. The molecule has 0 heterocycles. The maximum atomic E-state index is 13.7. The molecule has 0 amide bonds. The SMILES string of the molecule is O=P(O)(O)C(c1ccccc1)c1ccccc1F. The molecular formula is C13H12FO3P. The highest BCUT2D eigenvalue weighted by Gasteiger charge is 2.33. The minimum Gasteiger partial charge on any atom is -0.324 e. The van der Waals surface area contributed by atoms with Gasteiger partial charge in [0.1, 0.15) is 11.5 Å². The van der Waals surface area contributed by atoms with Gasteiger partial charge in [-0.15, -0.1) is 0 Å². The van der Waals surface area contributed by atoms with Gasteiger partial charge in [-0.3, -0.25) is 4.57 Å². The third-order valence-electron chi connectivity index (χ3n) is 2.65. The fourth-order valence-electron chi connectivity index (χ4n) is 1.89. The van der Waals surface area contributed by atoms with Gasteiger partial charge in [0.25, 0.3) is 0 Å². The summed E-state index contributed by atoms with van der Waals surface area (Å²) in [5.41, 5.74) is -0.854. The lowest BCUT2D eigenvalue weighted by molar-refractivity contribution is 0.363. The molecule has 3 nitrogen and oxygen atoms in total. The largest absolute Gasteiger partial charge is 0.337 e. The fraction of sp³-hybridized carbons (Fsp3) is 0.0769. The Labute approximate surface area is 104 Å². The van der Waals surface area contributed by atoms with Crippen LogP contribution in [0, 0.1) is 5.82 Å². The molecule has 18 heavy (non-hydrogen) atoms. The van der Waals surface area contributed by atoms with E-state index in [9.17, 15) is 18.7 Å². The monoisotopic (exact) mass is 266 g/mol. The van der Waals surface area contributed by atoms with Crippen LogP contribution in [0.3, 0.4) is 0 Å². The Morgan fingerprint density at radius 1 is 0.944 bits per heavy atom. The van der Waals surface area contributed by atoms with E-state index in [1.165, 1.54) is 18.2 Å². The average molecular weight is 266 g/mol. The van der Waals surface area contributed by atoms with E-state index in [0.717, 1.165) is 0 Å². The topological polar surface area (TPSA) is 57.5 Å². The van der Waals surface area contributed by atoms with Gasteiger partial charge >= 0.3 is 7.60 Å². The van der Waals surface area contributed by atoms with Gasteiger partial charge in [0.05, 0.1) is 0 Å². The lowest BCUT2D eigenvalue weighted by Gasteiger charge is -2.19. The zero-order valence-electron chi connectivity index (χ0n) is 9.40. The highest BCUT2D eigenvalue weighted by Crippen LogP contribution is 2.55. The van der Waals surface area contributed by atoms with Crippen molar-refractivity contribution >= 4 is 7.60 Å². The van der Waals surface area contributed by atoms with Crippen molar-refractivity contribution in [3.63, 3.8) is 0 Å². The first-order valence-electron chi connectivity index (χ1n) is 5.35. The molecule has 0 aliphatic carbocycles. The van der Waals surface area contributed by atoms with Crippen LogP contribution in [0.25, 0.3) is 0 Å². The van der Waals surface area contributed by atoms with Crippen LogP contribution in [0.5, 0.6) is 0 Å². The van der Waals surface area contributed by atoms with Crippen LogP contribution in [0.4, 0.5) is 4.39 Å². The van der Waals surface area contributed by atoms with Crippen LogP contribution in [-0.2, 0) is 4.57 Å². The molecule has 0 saturated heterocycles. The Hall–Kier alpha value is -1.48. The Morgan fingerprint density at radius 2 is 1.50 bits per heavy atom. The molecule has 2 aromatic rings. The fourth-order valence-corrected chi connectivity index (χ4v) is 3.02. The summed E-state index contributed by atoms with van der Waals surface area (Å²) in [6.07, 6.45) is 0. The van der Waals surface area contributed by atoms with Crippen LogP contribution in [-0.4, -0.2) is 9.79 Å². The van der Waals surface area contributed by atoms with Crippen LogP contribution in [0.1, 0.15) is 16.8 Å². The molecule has 0 radical (unpaired) electrons. The first-order chi connectivity index (χ1) is 8.50. The number of rotatable bonds is 3. The van der Waals surface area contributed by atoms with Crippen LogP contribution < -0.4 is 0 Å². The van der Waals surface area contributed by atoms with Crippen LogP contribution in [0.15, 0.2) is 54.6 Å². The van der Waals surface area contributed by atoms with Crippen LogP contribution >= 0.6 is 7.60 Å². The predicted octanol–water partition coefficient (Wildman–Crippen LogP) is 3.09. The molecule has 0 spiro atoms. The molecule has 0 fully saturated rings. The normalized spacial score (nSPS) is 13.3. The van der Waals surface area contributed by atoms with Gasteiger partial charge in [0, 0.05) is 5.56 Å². The highest BCUT2D eigenvalue weighted by molar-refractivity contribution is 7.52. The summed E-state index contributed by atoms with van der Waals surface area (Å²) < 4.78 is 25.3. The van der Waals surface area contributed by atoms with Crippen LogP contribution in [0.2, 0.25) is 0 Å². The van der Waals surface area contributed by atoms with Crippen molar-refractivity contribution < 1.29 is 18.7 Å². The first-order valence-corrected chi connectivity index (χ1v) is 7.03. The Bertz CT molecular complexity index is 580. The van der Waals surface area contributed by atoms with E-state index in [4.69, 9.17) is 0 Å². The second-order valence-corrected chi connectivity index (χ2v) is 5.62. The van der Waals surface area contributed by atoms with E-state index in [1.54, 1.807) is 36.4 Å². The van der Waals surface area contributed by atoms with E-state index in [0.29, 0.717) is 5.56 Å². The Balaban J connectivity index is 2.59. The molecule has 0 saturated carbocycles. The molecule has 0 bridgehead atoms. The summed E-state index contributed by atoms with van der Waals surface area (Å²) in [4.78, 5) is 18.9. The van der Waals surface area contributed by atoms with E-state index in [1.807, 2.05) is 0 Å². The molecule has 94 valence electrons. The van der Waals surface area contributed by atoms with E-state index < -0.39 is 19.1 Å². The Morgan fingerprint density at radius 3 is 2.06 bits per heavy atom. The quantitative estimate of drug-likeness (QED) is 0.839. The molecule has 2 aromatic carbocycles. The lowest BCUT2D eigenvalue weighted by atomic mass is 10.0. The molecule has 0 aromatic heterocycles. The van der Waals surface area contributed by atoms with E-state index in [-0.39, 0.29) is 5.56 Å². The maximum Gasteiger partial charge on any atom is 0.337 e. The summed E-state index contributed by atoms with van der Waals surface area (Å²) in [6.45, 7) is 0. The van der Waals surface area contributed by atoms with Gasteiger partial charge in [0.15, 0.2) is 0 Å². The summed E-state index contributed by atoms with van der Waals surface area (Å²) in [7, 11) is -4.49. The molecule has 0 aliphatic heterocycles. The van der Waals surface area contributed by atoms with E-state index >= 15 is 0 Å². The molecule has 5 heteroatoms. The number of benzene rings is 2. The zero-order valence-corrected chi connectivity index (χ0v) is 10.3. The molecular weight excluding hydrogens is 254 g/mol. The second kappa shape index (κ2) is 5.02. The summed E-state index contributed by atoms with van der Waals surface area (Å²) in [5.74, 6) is -0.616. The lowest BCUT2D eigenvalue weighted by Crippen LogP contribution is -2.04. The van der Waals surface area contributed by atoms with Gasteiger partial charge in [-0.1, -0.05) is 48.5 Å². The highest BCUT2D eigenvalue weighted by atomic mass is 31.2. The van der Waals surface area contributed by atoms with Gasteiger partial charge in [-0.2, -0.15) is 0 Å². The number of hydrogen-bond donors (Lipinski definition) is 2. The number of hydrogen-bond acceptors (Lipinski definition) is 1. The standard InChI is InChI=1S/C13H12FO3P/c14-12-9-5-4-8-11(12)13(18(15,16)17)10-6-2-1-3-7-10/h1-9,13H,(H2,15,16,17). The van der Waals surface area contributed by atoms with Crippen molar-refractivity contribution in [3.05, 3.63) is 71.5 Å². The van der Waals surface area contributed by atoms with Gasteiger partial charge < -0.3 is 9.79 Å². The molecule has 2 N–H and O–H groups in total. The summed E-state index contributed by atoms with van der Waals surface area (Å²) in [5, 5.41) is 0. The molecule has 2 rings (SSSR count). The average Bonchev–Trinajstić information content (AvgIpc) is 2.32. The van der Waals surface area contributed by atoms with Crippen molar-refractivity contribution in [2.45, 2.75) is 5.66 Å². The molecule has 0 aliphatic rings. The second-order valence-electron chi connectivity index (χ2n) is 3.92. The third-order valence-corrected chi connectivity index (χ3v) is 3.90. The first kappa shape index (κ1) is 13.0. The van der Waals surface area contributed by atoms with Gasteiger partial charge in [-0.25, -0.2) is 4.39 Å². The van der Waals surface area contributed by atoms with Gasteiger partial charge in [-0.05, 0) is 11.6 Å². The smallest absolute Gasteiger partial charge is 0.324 e. The summed E-state index contributed by atoms with van der Waals surface area (Å²) >= 11 is 0. The number of halogens is 1. The minimum absolute atomic E-state index is 0.0111. The zero-order chi connectivity index (χ0) is 13.2. The van der Waals surface area contributed by atoms with Crippen molar-refractivity contribution in [1.82, 2.24) is 0 Å². The molecule has 1 atom stereocenters. The van der Waals surface area contributed by atoms with Crippen molar-refractivity contribution in [1.29, 1.82) is 0 Å². The Kier molecular flexibility index (Phi) is 3.62. The predicted molar refractivity (Wildman–Crippen MR) is 66.7 cm³/mol. The van der Waals surface area contributed by atoms with Crippen molar-refractivity contribution in [3.8, 4) is 0 Å². The van der Waals surface area contributed by atoms with Gasteiger partial charge in [0.2, 0.25) is 0 Å². The van der Waals surface area contributed by atoms with E-state index in [2.05, 4.69) is 0 Å².